The number of rotatable bonds is 7. The first kappa shape index (κ1) is 19.3. The predicted molar refractivity (Wildman–Crippen MR) is 98.8 cm³/mol. The van der Waals surface area contributed by atoms with Crippen molar-refractivity contribution in [3.8, 4) is 5.88 Å². The molecular weight excluding hydrogens is 362 g/mol. The van der Waals surface area contributed by atoms with Crippen LogP contribution in [0, 0.1) is 4.77 Å². The molecular formula is C14H21N7O2S2. The smallest absolute Gasteiger partial charge is 0.288 e. The number of azo groups is 1. The predicted octanol–water partition coefficient (Wildman–Crippen LogP) is 3.26. The van der Waals surface area contributed by atoms with Gasteiger partial charge in [0.1, 0.15) is 0 Å². The molecule has 0 aliphatic heterocycles. The Hall–Kier alpha value is -2.01. The Labute approximate surface area is 154 Å². The van der Waals surface area contributed by atoms with Crippen LogP contribution in [0.4, 0.5) is 11.6 Å². The largest absolute Gasteiger partial charge is 0.493 e. The summed E-state index contributed by atoms with van der Waals surface area (Å²) in [4.78, 5) is 16.7. The second-order valence-corrected chi connectivity index (χ2v) is 6.21. The summed E-state index contributed by atoms with van der Waals surface area (Å²) in [6.07, 6.45) is 2.81. The van der Waals surface area contributed by atoms with Crippen LogP contribution >= 0.6 is 24.0 Å². The Morgan fingerprint density at radius 2 is 1.88 bits per heavy atom. The summed E-state index contributed by atoms with van der Waals surface area (Å²) < 4.78 is 4.79. The summed E-state index contributed by atoms with van der Waals surface area (Å²) in [5.41, 5.74) is -0.661. The molecule has 2 aromatic rings. The van der Waals surface area contributed by atoms with Crippen LogP contribution in [0.2, 0.25) is 0 Å². The maximum Gasteiger partial charge on any atom is 0.288 e. The third-order valence-corrected chi connectivity index (χ3v) is 4.60. The van der Waals surface area contributed by atoms with Crippen LogP contribution in [0.1, 0.15) is 27.2 Å². The summed E-state index contributed by atoms with van der Waals surface area (Å²) in [5.74, 6) is -0.158. The fourth-order valence-electron chi connectivity index (χ4n) is 2.29. The lowest BCUT2D eigenvalue weighted by molar-refractivity contribution is 0.402. The van der Waals surface area contributed by atoms with E-state index >= 15 is 0 Å². The molecule has 0 atom stereocenters. The molecule has 0 amide bonds. The number of aromatic nitrogens is 5. The highest BCUT2D eigenvalue weighted by Crippen LogP contribution is 2.25. The third-order valence-electron chi connectivity index (χ3n) is 3.49. The van der Waals surface area contributed by atoms with Gasteiger partial charge in [-0.1, -0.05) is 18.7 Å². The zero-order valence-electron chi connectivity index (χ0n) is 14.6. The Kier molecular flexibility index (Phi) is 6.48. The SMILES string of the molecule is CCCn1nc(N=Nc2c(O)n(CC)c(=S)n(CC)c2=O)nc1SC. The lowest BCUT2D eigenvalue weighted by atomic mass is 10.4. The molecule has 1 N–H and O–H groups in total. The minimum Gasteiger partial charge on any atom is -0.493 e. The maximum atomic E-state index is 12.5. The van der Waals surface area contributed by atoms with Crippen molar-refractivity contribution in [1.82, 2.24) is 23.9 Å². The Balaban J connectivity index is 2.52. The van der Waals surface area contributed by atoms with Crippen molar-refractivity contribution < 1.29 is 5.11 Å². The van der Waals surface area contributed by atoms with E-state index < -0.39 is 5.56 Å². The molecule has 0 unspecified atom stereocenters. The van der Waals surface area contributed by atoms with Crippen LogP contribution in [0.3, 0.4) is 0 Å². The van der Waals surface area contributed by atoms with E-state index in [1.807, 2.05) is 20.1 Å². The van der Waals surface area contributed by atoms with Gasteiger partial charge < -0.3 is 5.11 Å². The number of hydrogen-bond acceptors (Lipinski definition) is 8. The van der Waals surface area contributed by atoms with E-state index in [1.54, 1.807) is 11.6 Å². The molecule has 136 valence electrons. The van der Waals surface area contributed by atoms with Crippen LogP contribution in [0.15, 0.2) is 20.2 Å². The van der Waals surface area contributed by atoms with Crippen LogP contribution < -0.4 is 5.56 Å². The van der Waals surface area contributed by atoms with E-state index in [4.69, 9.17) is 12.2 Å². The van der Waals surface area contributed by atoms with E-state index in [0.717, 1.165) is 11.6 Å². The average molecular weight is 384 g/mol. The molecule has 0 fully saturated rings. The Bertz CT molecular complexity index is 898. The fourth-order valence-corrected chi connectivity index (χ4v) is 3.23. The van der Waals surface area contributed by atoms with Crippen LogP contribution in [-0.2, 0) is 19.6 Å². The van der Waals surface area contributed by atoms with E-state index in [1.165, 1.54) is 20.9 Å². The van der Waals surface area contributed by atoms with Gasteiger partial charge in [0.15, 0.2) is 9.93 Å². The molecule has 25 heavy (non-hydrogen) atoms. The second-order valence-electron chi connectivity index (χ2n) is 5.07. The van der Waals surface area contributed by atoms with Crippen molar-refractivity contribution in [2.45, 2.75) is 52.0 Å². The van der Waals surface area contributed by atoms with Crippen molar-refractivity contribution in [3.05, 3.63) is 15.1 Å². The monoisotopic (exact) mass is 383 g/mol. The Morgan fingerprint density at radius 3 is 2.44 bits per heavy atom. The zero-order chi connectivity index (χ0) is 18.6. The summed E-state index contributed by atoms with van der Waals surface area (Å²) in [5, 5.41) is 23.1. The molecule has 0 saturated carbocycles. The van der Waals surface area contributed by atoms with E-state index in [-0.39, 0.29) is 22.3 Å². The third kappa shape index (κ3) is 3.82. The van der Waals surface area contributed by atoms with Crippen molar-refractivity contribution in [2.24, 2.45) is 10.2 Å². The molecule has 9 nitrogen and oxygen atoms in total. The molecule has 0 aliphatic carbocycles. The van der Waals surface area contributed by atoms with E-state index in [0.29, 0.717) is 19.6 Å². The lowest BCUT2D eigenvalue weighted by Crippen LogP contribution is -2.24. The molecule has 11 heteroatoms. The molecule has 2 rings (SSSR count). The zero-order valence-corrected chi connectivity index (χ0v) is 16.3. The molecule has 0 aliphatic rings. The van der Waals surface area contributed by atoms with Crippen molar-refractivity contribution in [3.63, 3.8) is 0 Å². The summed E-state index contributed by atoms with van der Waals surface area (Å²) in [6, 6.07) is 0. The molecule has 0 bridgehead atoms. The average Bonchev–Trinajstić information content (AvgIpc) is 2.98. The van der Waals surface area contributed by atoms with E-state index in [2.05, 4.69) is 20.3 Å². The number of thioether (sulfide) groups is 1. The standard InChI is InChI=1S/C14H21N7O2S2/c1-5-8-21-13(25-4)15-12(18-21)17-16-9-10(22)19(6-2)14(24)20(7-3)11(9)23/h22H,5-8H2,1-4H3. The number of nitrogens with zero attached hydrogens (tertiary/aromatic N) is 7. The highest BCUT2D eigenvalue weighted by Gasteiger charge is 2.16. The Morgan fingerprint density at radius 1 is 1.20 bits per heavy atom. The number of hydrogen-bond donors (Lipinski definition) is 1. The molecule has 0 spiro atoms. The minimum atomic E-state index is -0.489. The van der Waals surface area contributed by atoms with Gasteiger partial charge in [0.25, 0.3) is 11.5 Å². The van der Waals surface area contributed by atoms with Gasteiger partial charge in [-0.2, -0.15) is 4.98 Å². The molecule has 0 saturated heterocycles. The van der Waals surface area contributed by atoms with Crippen molar-refractivity contribution in [2.75, 3.05) is 6.26 Å². The quantitative estimate of drug-likeness (QED) is 0.447. The topological polar surface area (TPSA) is 103 Å². The first-order chi connectivity index (χ1) is 12.0. The van der Waals surface area contributed by atoms with Gasteiger partial charge in [0.05, 0.1) is 0 Å². The molecule has 0 aromatic carbocycles. The second kappa shape index (κ2) is 8.39. The van der Waals surface area contributed by atoms with Gasteiger partial charge in [-0.15, -0.1) is 15.3 Å². The van der Waals surface area contributed by atoms with Gasteiger partial charge in [0, 0.05) is 19.6 Å². The van der Waals surface area contributed by atoms with Gasteiger partial charge in [-0.3, -0.25) is 13.9 Å². The molecule has 2 heterocycles. The first-order valence-corrected chi connectivity index (χ1v) is 9.58. The lowest BCUT2D eigenvalue weighted by Gasteiger charge is -2.12. The summed E-state index contributed by atoms with van der Waals surface area (Å²) >= 11 is 6.68. The normalized spacial score (nSPS) is 11.5. The number of aromatic hydroxyl groups is 1. The fraction of sp³-hybridized carbons (Fsp3) is 0.571. The van der Waals surface area contributed by atoms with Crippen molar-refractivity contribution >= 4 is 35.6 Å². The first-order valence-electron chi connectivity index (χ1n) is 7.95. The highest BCUT2D eigenvalue weighted by atomic mass is 32.2. The highest BCUT2D eigenvalue weighted by molar-refractivity contribution is 7.98. The van der Waals surface area contributed by atoms with Crippen LogP contribution in [0.25, 0.3) is 0 Å². The maximum absolute atomic E-state index is 12.5. The molecule has 2 aromatic heterocycles. The van der Waals surface area contributed by atoms with Crippen LogP contribution in [0.5, 0.6) is 5.88 Å². The summed E-state index contributed by atoms with van der Waals surface area (Å²) in [6.45, 7) is 7.16. The summed E-state index contributed by atoms with van der Waals surface area (Å²) in [7, 11) is 0. The van der Waals surface area contributed by atoms with Gasteiger partial charge in [0.2, 0.25) is 11.6 Å². The van der Waals surface area contributed by atoms with Crippen molar-refractivity contribution in [1.29, 1.82) is 0 Å². The van der Waals surface area contributed by atoms with Gasteiger partial charge in [-0.25, -0.2) is 4.68 Å². The van der Waals surface area contributed by atoms with Crippen LogP contribution in [-0.4, -0.2) is 35.3 Å². The van der Waals surface area contributed by atoms with Gasteiger partial charge in [-0.05, 0) is 38.7 Å². The van der Waals surface area contributed by atoms with E-state index in [9.17, 15) is 9.90 Å². The van der Waals surface area contributed by atoms with Gasteiger partial charge >= 0.3 is 0 Å². The molecule has 0 radical (unpaired) electrons. The number of aryl methyl sites for hydroxylation is 1. The minimum absolute atomic E-state index is 0.144.